The first kappa shape index (κ1) is 23.6. The Balaban J connectivity index is 1.49. The number of morpholine rings is 1. The van der Waals surface area contributed by atoms with Crippen molar-refractivity contribution in [2.75, 3.05) is 32.8 Å². The highest BCUT2D eigenvalue weighted by molar-refractivity contribution is 7.98. The molecule has 3 fully saturated rings. The minimum Gasteiger partial charge on any atom is -0.378 e. The number of hydrogen-bond donors (Lipinski definition) is 2. The van der Waals surface area contributed by atoms with Gasteiger partial charge in [0.1, 0.15) is 12.1 Å². The van der Waals surface area contributed by atoms with Crippen molar-refractivity contribution in [3.05, 3.63) is 12.7 Å². The molecule has 1 unspecified atom stereocenters. The second-order valence-electron chi connectivity index (χ2n) is 8.11. The number of ether oxygens (including phenoxy) is 1. The highest BCUT2D eigenvalue weighted by atomic mass is 32.2. The largest absolute Gasteiger partial charge is 0.378 e. The lowest BCUT2D eigenvalue weighted by Gasteiger charge is -2.28. The monoisotopic (exact) mass is 452 g/mol. The summed E-state index contributed by atoms with van der Waals surface area (Å²) < 4.78 is 8.05. The molecule has 0 aromatic carbocycles. The van der Waals surface area contributed by atoms with Gasteiger partial charge < -0.3 is 19.9 Å². The Hall–Kier alpha value is -2.07. The normalized spacial score (nSPS) is 22.0. The van der Waals surface area contributed by atoms with E-state index in [4.69, 9.17) is 4.74 Å². The van der Waals surface area contributed by atoms with Gasteiger partial charge in [-0.15, -0.1) is 6.58 Å². The van der Waals surface area contributed by atoms with E-state index in [0.717, 1.165) is 19.3 Å². The van der Waals surface area contributed by atoms with Crippen molar-refractivity contribution in [2.45, 2.75) is 62.3 Å². The van der Waals surface area contributed by atoms with Gasteiger partial charge in [-0.05, 0) is 44.1 Å². The molecule has 3 aliphatic rings. The zero-order chi connectivity index (χ0) is 22.2. The average Bonchev–Trinajstić information content (AvgIpc) is 3.48. The van der Waals surface area contributed by atoms with Crippen LogP contribution in [0.25, 0.3) is 0 Å². The van der Waals surface area contributed by atoms with Crippen molar-refractivity contribution >= 4 is 35.6 Å². The van der Waals surface area contributed by atoms with Gasteiger partial charge in [0.15, 0.2) is 0 Å². The van der Waals surface area contributed by atoms with Gasteiger partial charge in [0, 0.05) is 37.7 Å². The molecule has 1 aliphatic carbocycles. The number of likely N-dealkylation sites (tertiary alicyclic amines) is 1. The molecule has 3 rings (SSSR count). The lowest BCUT2D eigenvalue weighted by Crippen LogP contribution is -2.52. The fraction of sp³-hybridized carbons (Fsp3) is 0.714. The Morgan fingerprint density at radius 2 is 1.77 bits per heavy atom. The molecule has 0 aromatic heterocycles. The van der Waals surface area contributed by atoms with Gasteiger partial charge in [-0.1, -0.05) is 6.08 Å². The van der Waals surface area contributed by atoms with Gasteiger partial charge in [-0.25, -0.2) is 0 Å². The third-order valence-corrected chi connectivity index (χ3v) is 6.80. The predicted molar refractivity (Wildman–Crippen MR) is 117 cm³/mol. The number of carbonyl (C=O) groups is 4. The van der Waals surface area contributed by atoms with Crippen molar-refractivity contribution in [1.29, 1.82) is 0 Å². The van der Waals surface area contributed by atoms with Gasteiger partial charge in [0.2, 0.25) is 17.7 Å². The molecule has 0 aromatic rings. The minimum atomic E-state index is -0.711. The van der Waals surface area contributed by atoms with Crippen LogP contribution in [0.4, 0.5) is 0 Å². The van der Waals surface area contributed by atoms with Crippen molar-refractivity contribution in [1.82, 2.24) is 19.8 Å². The minimum absolute atomic E-state index is 0.0623. The van der Waals surface area contributed by atoms with E-state index >= 15 is 0 Å². The fourth-order valence-corrected chi connectivity index (χ4v) is 4.53. The van der Waals surface area contributed by atoms with Crippen LogP contribution < -0.4 is 10.0 Å². The molecule has 1 saturated carbocycles. The first-order valence-corrected chi connectivity index (χ1v) is 11.9. The van der Waals surface area contributed by atoms with E-state index in [9.17, 15) is 19.2 Å². The molecule has 2 aliphatic heterocycles. The Morgan fingerprint density at radius 3 is 2.45 bits per heavy atom. The molecule has 2 N–H and O–H groups in total. The molecule has 2 heterocycles. The van der Waals surface area contributed by atoms with Gasteiger partial charge in [0.25, 0.3) is 5.91 Å². The summed E-state index contributed by atoms with van der Waals surface area (Å²) in [5.41, 5.74) is 0. The zero-order valence-corrected chi connectivity index (χ0v) is 18.7. The van der Waals surface area contributed by atoms with Crippen LogP contribution in [-0.2, 0) is 23.9 Å². The summed E-state index contributed by atoms with van der Waals surface area (Å²) in [5.74, 6) is -0.845. The molecule has 31 heavy (non-hydrogen) atoms. The van der Waals surface area contributed by atoms with Gasteiger partial charge in [-0.3, -0.25) is 23.9 Å². The maximum absolute atomic E-state index is 12.9. The molecule has 4 amide bonds. The molecular weight excluding hydrogens is 420 g/mol. The molecule has 0 bridgehead atoms. The van der Waals surface area contributed by atoms with Crippen LogP contribution >= 0.6 is 11.9 Å². The molecular formula is C21H32N4O5S. The first-order valence-electron chi connectivity index (χ1n) is 11.0. The number of nitrogens with zero attached hydrogens (tertiary/aromatic N) is 2. The molecule has 10 heteroatoms. The maximum atomic E-state index is 12.9. The maximum Gasteiger partial charge on any atom is 0.252 e. The number of hydrogen-bond acceptors (Lipinski definition) is 6. The lowest BCUT2D eigenvalue weighted by molar-refractivity contribution is -0.142. The Morgan fingerprint density at radius 1 is 1.06 bits per heavy atom. The second kappa shape index (κ2) is 11.5. The van der Waals surface area contributed by atoms with Crippen molar-refractivity contribution in [3.8, 4) is 0 Å². The molecule has 172 valence electrons. The average molecular weight is 453 g/mol. The van der Waals surface area contributed by atoms with Crippen LogP contribution in [0.1, 0.15) is 44.9 Å². The van der Waals surface area contributed by atoms with Crippen LogP contribution in [0.5, 0.6) is 0 Å². The summed E-state index contributed by atoms with van der Waals surface area (Å²) in [4.78, 5) is 53.6. The van der Waals surface area contributed by atoms with Crippen LogP contribution in [0, 0.1) is 0 Å². The smallest absolute Gasteiger partial charge is 0.252 e. The van der Waals surface area contributed by atoms with Crippen LogP contribution in [-0.4, -0.2) is 83.6 Å². The van der Waals surface area contributed by atoms with E-state index in [1.54, 1.807) is 15.9 Å². The first-order chi connectivity index (χ1) is 15.0. The number of carbonyl (C=O) groups excluding carboxylic acids is 4. The standard InChI is InChI=1S/C21H32N4O5S/c1-2-4-16(20(28)23-31-15-6-7-15)22-21(29)17-5-3-10-25(17)19(27)9-8-18(26)24-11-13-30-14-12-24/h2,15-17H,1,3-14H2,(H,22,29)(H,23,28)/t16?,17-/m0/s1. The number of rotatable bonds is 10. The Labute approximate surface area is 187 Å². The Bertz CT molecular complexity index is 693. The summed E-state index contributed by atoms with van der Waals surface area (Å²) in [6.45, 7) is 6.30. The molecule has 2 saturated heterocycles. The number of nitrogens with one attached hydrogen (secondary N) is 2. The highest BCUT2D eigenvalue weighted by Gasteiger charge is 2.36. The van der Waals surface area contributed by atoms with E-state index in [1.165, 1.54) is 11.9 Å². The van der Waals surface area contributed by atoms with Crippen LogP contribution in [0.3, 0.4) is 0 Å². The van der Waals surface area contributed by atoms with E-state index in [2.05, 4.69) is 16.6 Å². The van der Waals surface area contributed by atoms with E-state index in [-0.39, 0.29) is 36.5 Å². The molecule has 2 atom stereocenters. The van der Waals surface area contributed by atoms with Crippen molar-refractivity contribution in [3.63, 3.8) is 0 Å². The van der Waals surface area contributed by atoms with Crippen LogP contribution in [0.2, 0.25) is 0 Å². The quantitative estimate of drug-likeness (QED) is 0.371. The summed E-state index contributed by atoms with van der Waals surface area (Å²) in [6, 6.07) is -1.32. The zero-order valence-electron chi connectivity index (χ0n) is 17.8. The molecule has 0 spiro atoms. The third-order valence-electron chi connectivity index (χ3n) is 5.68. The highest BCUT2D eigenvalue weighted by Crippen LogP contribution is 2.31. The summed E-state index contributed by atoms with van der Waals surface area (Å²) in [7, 11) is 0. The van der Waals surface area contributed by atoms with Crippen LogP contribution in [0.15, 0.2) is 12.7 Å². The summed E-state index contributed by atoms with van der Waals surface area (Å²) >= 11 is 1.40. The van der Waals surface area contributed by atoms with E-state index in [1.807, 2.05) is 0 Å². The van der Waals surface area contributed by atoms with Crippen molar-refractivity contribution < 1.29 is 23.9 Å². The fourth-order valence-electron chi connectivity index (χ4n) is 3.73. The Kier molecular flexibility index (Phi) is 8.77. The summed E-state index contributed by atoms with van der Waals surface area (Å²) in [5, 5.41) is 3.25. The molecule has 0 radical (unpaired) electrons. The SMILES string of the molecule is C=CCC(NC(=O)[C@@H]1CCCN1C(=O)CCC(=O)N1CCOCC1)C(=O)NSC1CC1. The summed E-state index contributed by atoms with van der Waals surface area (Å²) in [6.07, 6.45) is 5.58. The third kappa shape index (κ3) is 6.96. The lowest BCUT2D eigenvalue weighted by atomic mass is 10.1. The van der Waals surface area contributed by atoms with Gasteiger partial charge in [0.05, 0.1) is 13.2 Å². The van der Waals surface area contributed by atoms with Gasteiger partial charge in [-0.2, -0.15) is 0 Å². The number of amides is 4. The predicted octanol–water partition coefficient (Wildman–Crippen LogP) is 0.604. The van der Waals surface area contributed by atoms with E-state index in [0.29, 0.717) is 50.9 Å². The van der Waals surface area contributed by atoms with Crippen molar-refractivity contribution in [2.24, 2.45) is 0 Å². The molecule has 9 nitrogen and oxygen atoms in total. The van der Waals surface area contributed by atoms with Gasteiger partial charge >= 0.3 is 0 Å². The van der Waals surface area contributed by atoms with E-state index < -0.39 is 12.1 Å². The second-order valence-corrected chi connectivity index (χ2v) is 9.21. The topological polar surface area (TPSA) is 108 Å².